The van der Waals surface area contributed by atoms with Gasteiger partial charge in [0.2, 0.25) is 0 Å². The Morgan fingerprint density at radius 1 is 1.00 bits per heavy atom. The molecule has 3 nitrogen and oxygen atoms in total. The lowest BCUT2D eigenvalue weighted by Crippen LogP contribution is -2.17. The van der Waals surface area contributed by atoms with Crippen LogP contribution in [0.2, 0.25) is 0 Å². The molecular weight excluding hydrogens is 250 g/mol. The van der Waals surface area contributed by atoms with Crippen molar-refractivity contribution in [1.29, 1.82) is 0 Å². The maximum absolute atomic E-state index is 5.86. The molecule has 0 aliphatic heterocycles. The molecule has 1 N–H and O–H groups in total. The van der Waals surface area contributed by atoms with Crippen molar-refractivity contribution in [3.8, 4) is 17.2 Å². The fourth-order valence-corrected chi connectivity index (χ4v) is 2.05. The summed E-state index contributed by atoms with van der Waals surface area (Å²) in [5.74, 6) is 2.48. The van der Waals surface area contributed by atoms with E-state index in [0.717, 1.165) is 23.8 Å². The average Bonchev–Trinajstić information content (AvgIpc) is 2.48. The predicted molar refractivity (Wildman–Crippen MR) is 81.6 cm³/mol. The molecule has 2 rings (SSSR count). The van der Waals surface area contributed by atoms with Crippen LogP contribution in [0.3, 0.4) is 0 Å². The Morgan fingerprint density at radius 2 is 1.70 bits per heavy atom. The van der Waals surface area contributed by atoms with E-state index in [9.17, 15) is 0 Å². The van der Waals surface area contributed by atoms with Crippen molar-refractivity contribution in [3.63, 3.8) is 0 Å². The molecule has 3 heteroatoms. The van der Waals surface area contributed by atoms with Crippen LogP contribution in [0.4, 0.5) is 0 Å². The van der Waals surface area contributed by atoms with Gasteiger partial charge in [-0.3, -0.25) is 0 Å². The van der Waals surface area contributed by atoms with Crippen molar-refractivity contribution >= 4 is 0 Å². The van der Waals surface area contributed by atoms with Gasteiger partial charge in [-0.1, -0.05) is 19.1 Å². The van der Waals surface area contributed by atoms with Crippen LogP contribution >= 0.6 is 0 Å². The Morgan fingerprint density at radius 3 is 2.35 bits per heavy atom. The second-order valence-corrected chi connectivity index (χ2v) is 4.63. The van der Waals surface area contributed by atoms with Gasteiger partial charge in [0.05, 0.1) is 7.11 Å². The number of hydrogen-bond donors (Lipinski definition) is 1. The zero-order valence-electron chi connectivity index (χ0n) is 12.2. The first kappa shape index (κ1) is 14.4. The van der Waals surface area contributed by atoms with E-state index in [1.54, 1.807) is 7.11 Å². The van der Waals surface area contributed by atoms with Gasteiger partial charge >= 0.3 is 0 Å². The van der Waals surface area contributed by atoms with E-state index in [2.05, 4.69) is 31.3 Å². The van der Waals surface area contributed by atoms with Crippen LogP contribution in [0.25, 0.3) is 0 Å². The van der Waals surface area contributed by atoms with Gasteiger partial charge in [-0.2, -0.15) is 0 Å². The average molecular weight is 271 g/mol. The Bertz CT molecular complexity index is 537. The summed E-state index contributed by atoms with van der Waals surface area (Å²) in [5, 5.41) is 3.40. The molecule has 2 aromatic carbocycles. The molecule has 1 atom stereocenters. The Labute approximate surface area is 120 Å². The minimum absolute atomic E-state index is 0.319. The van der Waals surface area contributed by atoms with E-state index in [1.165, 1.54) is 5.56 Å². The third kappa shape index (κ3) is 3.75. The molecule has 20 heavy (non-hydrogen) atoms. The first-order valence-corrected chi connectivity index (χ1v) is 6.88. The minimum atomic E-state index is 0.319. The van der Waals surface area contributed by atoms with Gasteiger partial charge in [0.25, 0.3) is 0 Å². The lowest BCUT2D eigenvalue weighted by atomic mass is 10.1. The van der Waals surface area contributed by atoms with Crippen molar-refractivity contribution in [2.75, 3.05) is 13.7 Å². The minimum Gasteiger partial charge on any atom is -0.497 e. The summed E-state index contributed by atoms with van der Waals surface area (Å²) in [7, 11) is 1.65. The molecule has 0 spiro atoms. The van der Waals surface area contributed by atoms with Crippen molar-refractivity contribution < 1.29 is 9.47 Å². The summed E-state index contributed by atoms with van der Waals surface area (Å²) in [4.78, 5) is 0. The molecule has 0 aliphatic rings. The fourth-order valence-electron chi connectivity index (χ4n) is 2.05. The van der Waals surface area contributed by atoms with Gasteiger partial charge in [-0.05, 0) is 55.4 Å². The maximum Gasteiger partial charge on any atom is 0.127 e. The molecule has 0 heterocycles. The molecule has 2 aromatic rings. The fraction of sp³-hybridized carbons (Fsp3) is 0.294. The van der Waals surface area contributed by atoms with Crippen molar-refractivity contribution in [2.45, 2.75) is 19.9 Å². The number of hydrogen-bond acceptors (Lipinski definition) is 3. The molecular formula is C17H21NO2. The van der Waals surface area contributed by atoms with E-state index in [4.69, 9.17) is 9.47 Å². The Balaban J connectivity index is 2.10. The zero-order valence-corrected chi connectivity index (χ0v) is 12.2. The molecule has 0 amide bonds. The molecule has 0 saturated heterocycles. The summed E-state index contributed by atoms with van der Waals surface area (Å²) < 4.78 is 11.0. The number of nitrogens with one attached hydrogen (secondary N) is 1. The summed E-state index contributed by atoms with van der Waals surface area (Å²) in [6.07, 6.45) is 0. The van der Waals surface area contributed by atoms with Crippen LogP contribution in [0, 0.1) is 0 Å². The van der Waals surface area contributed by atoms with Crippen LogP contribution in [0.1, 0.15) is 25.5 Å². The molecule has 106 valence electrons. The molecule has 0 saturated carbocycles. The highest BCUT2D eigenvalue weighted by atomic mass is 16.5. The third-order valence-electron chi connectivity index (χ3n) is 3.16. The largest absolute Gasteiger partial charge is 0.497 e. The molecule has 0 bridgehead atoms. The maximum atomic E-state index is 5.86. The summed E-state index contributed by atoms with van der Waals surface area (Å²) >= 11 is 0. The van der Waals surface area contributed by atoms with Crippen molar-refractivity contribution in [2.24, 2.45) is 0 Å². The molecule has 1 unspecified atom stereocenters. The van der Waals surface area contributed by atoms with Crippen LogP contribution in [-0.4, -0.2) is 13.7 Å². The third-order valence-corrected chi connectivity index (χ3v) is 3.16. The second-order valence-electron chi connectivity index (χ2n) is 4.63. The lowest BCUT2D eigenvalue weighted by molar-refractivity contribution is 0.413. The summed E-state index contributed by atoms with van der Waals surface area (Å²) in [5.41, 5.74) is 1.22. The first-order chi connectivity index (χ1) is 9.72. The molecule has 0 radical (unpaired) electrons. The molecule has 0 aliphatic carbocycles. The summed E-state index contributed by atoms with van der Waals surface area (Å²) in [6.45, 7) is 5.20. The number of benzene rings is 2. The van der Waals surface area contributed by atoms with Crippen molar-refractivity contribution in [1.82, 2.24) is 5.32 Å². The van der Waals surface area contributed by atoms with E-state index in [0.29, 0.717) is 6.04 Å². The van der Waals surface area contributed by atoms with Gasteiger partial charge < -0.3 is 14.8 Å². The predicted octanol–water partition coefficient (Wildman–Crippen LogP) is 4.16. The van der Waals surface area contributed by atoms with E-state index >= 15 is 0 Å². The van der Waals surface area contributed by atoms with Crippen LogP contribution in [-0.2, 0) is 0 Å². The molecule has 0 aromatic heterocycles. The number of rotatable bonds is 6. The van der Waals surface area contributed by atoms with Gasteiger partial charge in [-0.25, -0.2) is 0 Å². The normalized spacial score (nSPS) is 11.9. The van der Waals surface area contributed by atoms with E-state index < -0.39 is 0 Å². The Kier molecular flexibility index (Phi) is 5.02. The first-order valence-electron chi connectivity index (χ1n) is 6.88. The smallest absolute Gasteiger partial charge is 0.127 e. The van der Waals surface area contributed by atoms with Gasteiger partial charge in [0.1, 0.15) is 17.2 Å². The van der Waals surface area contributed by atoms with Crippen LogP contribution < -0.4 is 14.8 Å². The highest BCUT2D eigenvalue weighted by Crippen LogP contribution is 2.26. The van der Waals surface area contributed by atoms with Gasteiger partial charge in [-0.15, -0.1) is 0 Å². The quantitative estimate of drug-likeness (QED) is 0.855. The topological polar surface area (TPSA) is 30.5 Å². The Hall–Kier alpha value is -2.00. The highest BCUT2D eigenvalue weighted by Gasteiger charge is 2.05. The van der Waals surface area contributed by atoms with Crippen LogP contribution in [0.15, 0.2) is 48.5 Å². The standard InChI is InChI=1S/C17H21NO2/c1-4-18-13(2)14-6-5-7-17(12-14)20-16-10-8-15(19-3)9-11-16/h5-13,18H,4H2,1-3H3. The van der Waals surface area contributed by atoms with Crippen molar-refractivity contribution in [3.05, 3.63) is 54.1 Å². The number of ether oxygens (including phenoxy) is 2. The second kappa shape index (κ2) is 6.96. The highest BCUT2D eigenvalue weighted by molar-refractivity contribution is 5.37. The lowest BCUT2D eigenvalue weighted by Gasteiger charge is -2.14. The van der Waals surface area contributed by atoms with E-state index in [-0.39, 0.29) is 0 Å². The number of methoxy groups -OCH3 is 1. The molecule has 0 fully saturated rings. The monoisotopic (exact) mass is 271 g/mol. The van der Waals surface area contributed by atoms with Gasteiger partial charge in [0, 0.05) is 6.04 Å². The van der Waals surface area contributed by atoms with Gasteiger partial charge in [0.15, 0.2) is 0 Å². The summed E-state index contributed by atoms with van der Waals surface area (Å²) in [6, 6.07) is 16.1. The SMILES string of the molecule is CCNC(C)c1cccc(Oc2ccc(OC)cc2)c1. The van der Waals surface area contributed by atoms with E-state index in [1.807, 2.05) is 36.4 Å². The van der Waals surface area contributed by atoms with Crippen LogP contribution in [0.5, 0.6) is 17.2 Å². The zero-order chi connectivity index (χ0) is 14.4.